The van der Waals surface area contributed by atoms with Gasteiger partial charge in [0.25, 0.3) is 0 Å². The zero-order valence-electron chi connectivity index (χ0n) is 15.8. The summed E-state index contributed by atoms with van der Waals surface area (Å²) in [6, 6.07) is 5.15. The van der Waals surface area contributed by atoms with Gasteiger partial charge in [0.1, 0.15) is 18.0 Å². The molecule has 0 bridgehead atoms. The lowest BCUT2D eigenvalue weighted by Gasteiger charge is -2.37. The molecule has 1 amide bonds. The van der Waals surface area contributed by atoms with Crippen LogP contribution < -0.4 is 14.8 Å². The molecule has 1 saturated carbocycles. The number of ether oxygens (including phenoxy) is 2. The van der Waals surface area contributed by atoms with E-state index in [1.807, 2.05) is 0 Å². The van der Waals surface area contributed by atoms with Crippen molar-refractivity contribution in [3.05, 3.63) is 23.8 Å². The predicted molar refractivity (Wildman–Crippen MR) is 103 cm³/mol. The highest BCUT2D eigenvalue weighted by molar-refractivity contribution is 7.92. The largest absolute Gasteiger partial charge is 0.487 e. The lowest BCUT2D eigenvalue weighted by molar-refractivity contribution is -0.142. The minimum absolute atomic E-state index is 0.0429. The molecule has 1 aliphatic carbocycles. The van der Waals surface area contributed by atoms with E-state index >= 15 is 0 Å². The highest BCUT2D eigenvalue weighted by Crippen LogP contribution is 2.47. The molecule has 2 heterocycles. The summed E-state index contributed by atoms with van der Waals surface area (Å²) < 4.78 is 37.5. The number of amides is 1. The van der Waals surface area contributed by atoms with Crippen molar-refractivity contribution in [3.8, 4) is 5.75 Å². The first-order chi connectivity index (χ1) is 13.3. The van der Waals surface area contributed by atoms with E-state index in [9.17, 15) is 18.3 Å². The van der Waals surface area contributed by atoms with Gasteiger partial charge in [0.15, 0.2) is 0 Å². The molecule has 3 N–H and O–H groups in total. The SMILES string of the molecule is CS(=O)(=O)Nc1ccc2c(c1)[C@H]1C[C@H](CC(=O)NCC3CC3)O[C@H](CO)[C@H]1O2. The van der Waals surface area contributed by atoms with Gasteiger partial charge in [0, 0.05) is 23.7 Å². The maximum Gasteiger partial charge on any atom is 0.229 e. The number of benzene rings is 1. The van der Waals surface area contributed by atoms with Gasteiger partial charge in [-0.3, -0.25) is 9.52 Å². The number of anilines is 1. The van der Waals surface area contributed by atoms with Crippen LogP contribution in [0.5, 0.6) is 5.75 Å². The smallest absolute Gasteiger partial charge is 0.229 e. The minimum atomic E-state index is -3.38. The normalized spacial score (nSPS) is 28.8. The molecule has 4 rings (SSSR count). The number of carbonyl (C=O) groups is 1. The molecule has 0 unspecified atom stereocenters. The molecule has 154 valence electrons. The molecule has 2 fully saturated rings. The molecule has 1 aromatic rings. The van der Waals surface area contributed by atoms with Crippen LogP contribution in [0.4, 0.5) is 5.69 Å². The number of hydrogen-bond acceptors (Lipinski definition) is 6. The third-order valence-electron chi connectivity index (χ3n) is 5.50. The van der Waals surface area contributed by atoms with Crippen molar-refractivity contribution in [1.82, 2.24) is 5.32 Å². The minimum Gasteiger partial charge on any atom is -0.487 e. The van der Waals surface area contributed by atoms with Gasteiger partial charge in [0.05, 0.1) is 25.4 Å². The molecule has 28 heavy (non-hydrogen) atoms. The van der Waals surface area contributed by atoms with Crippen LogP contribution in [0, 0.1) is 5.92 Å². The van der Waals surface area contributed by atoms with Crippen LogP contribution in [0.25, 0.3) is 0 Å². The summed E-state index contributed by atoms with van der Waals surface area (Å²) in [5.74, 6) is 1.17. The molecule has 4 atom stereocenters. The summed E-state index contributed by atoms with van der Waals surface area (Å²) in [6.07, 6.45) is 3.07. The van der Waals surface area contributed by atoms with Crippen molar-refractivity contribution in [2.45, 2.75) is 49.9 Å². The fourth-order valence-corrected chi connectivity index (χ4v) is 4.58. The molecular weight excluding hydrogens is 384 g/mol. The number of nitrogens with one attached hydrogen (secondary N) is 2. The Labute approximate surface area is 164 Å². The fourth-order valence-electron chi connectivity index (χ4n) is 4.03. The van der Waals surface area contributed by atoms with E-state index in [2.05, 4.69) is 10.0 Å². The third kappa shape index (κ3) is 4.42. The summed E-state index contributed by atoms with van der Waals surface area (Å²) in [5.41, 5.74) is 1.35. The second-order valence-corrected chi connectivity index (χ2v) is 9.73. The summed E-state index contributed by atoms with van der Waals surface area (Å²) in [4.78, 5) is 12.2. The molecule has 9 heteroatoms. The average molecular weight is 410 g/mol. The van der Waals surface area contributed by atoms with Crippen molar-refractivity contribution in [3.63, 3.8) is 0 Å². The van der Waals surface area contributed by atoms with E-state index in [0.717, 1.165) is 11.8 Å². The van der Waals surface area contributed by atoms with Crippen molar-refractivity contribution < 1.29 is 27.8 Å². The Balaban J connectivity index is 1.48. The Kier molecular flexibility index (Phi) is 5.24. The van der Waals surface area contributed by atoms with Crippen LogP contribution in [-0.2, 0) is 19.6 Å². The summed E-state index contributed by atoms with van der Waals surface area (Å²) in [6.45, 7) is 0.511. The van der Waals surface area contributed by atoms with Crippen LogP contribution >= 0.6 is 0 Å². The van der Waals surface area contributed by atoms with Crippen LogP contribution in [0.1, 0.15) is 37.2 Å². The van der Waals surface area contributed by atoms with E-state index in [4.69, 9.17) is 9.47 Å². The zero-order valence-corrected chi connectivity index (χ0v) is 16.6. The average Bonchev–Trinajstić information content (AvgIpc) is 3.39. The second kappa shape index (κ2) is 7.53. The molecule has 0 spiro atoms. The van der Waals surface area contributed by atoms with E-state index in [1.165, 1.54) is 12.8 Å². The van der Waals surface area contributed by atoms with Gasteiger partial charge in [-0.15, -0.1) is 0 Å². The second-order valence-electron chi connectivity index (χ2n) is 7.98. The fraction of sp³-hybridized carbons (Fsp3) is 0.632. The first-order valence-corrected chi connectivity index (χ1v) is 11.5. The van der Waals surface area contributed by atoms with Crippen LogP contribution in [0.15, 0.2) is 18.2 Å². The number of carbonyl (C=O) groups excluding carboxylic acids is 1. The topological polar surface area (TPSA) is 114 Å². The molecule has 8 nitrogen and oxygen atoms in total. The van der Waals surface area contributed by atoms with Gasteiger partial charge >= 0.3 is 0 Å². The Morgan fingerprint density at radius 2 is 2.11 bits per heavy atom. The van der Waals surface area contributed by atoms with Gasteiger partial charge in [-0.25, -0.2) is 8.42 Å². The molecule has 2 aliphatic heterocycles. The Morgan fingerprint density at radius 1 is 1.32 bits per heavy atom. The Hall–Kier alpha value is -1.84. The number of aliphatic hydroxyl groups excluding tert-OH is 1. The summed E-state index contributed by atoms with van der Waals surface area (Å²) >= 11 is 0. The Bertz CT molecular complexity index is 854. The maximum absolute atomic E-state index is 12.2. The third-order valence-corrected chi connectivity index (χ3v) is 6.11. The van der Waals surface area contributed by atoms with Gasteiger partial charge < -0.3 is 19.9 Å². The number of rotatable bonds is 7. The predicted octanol–water partition coefficient (Wildman–Crippen LogP) is 0.969. The highest BCUT2D eigenvalue weighted by atomic mass is 32.2. The zero-order chi connectivity index (χ0) is 19.9. The quantitative estimate of drug-likeness (QED) is 0.617. The van der Waals surface area contributed by atoms with E-state index in [0.29, 0.717) is 30.3 Å². The number of sulfonamides is 1. The molecule has 3 aliphatic rings. The lowest BCUT2D eigenvalue weighted by Crippen LogP contribution is -2.47. The van der Waals surface area contributed by atoms with Crippen LogP contribution in [0.3, 0.4) is 0 Å². The van der Waals surface area contributed by atoms with Crippen molar-refractivity contribution in [1.29, 1.82) is 0 Å². The maximum atomic E-state index is 12.2. The highest BCUT2D eigenvalue weighted by Gasteiger charge is 2.46. The van der Waals surface area contributed by atoms with E-state index < -0.39 is 16.1 Å². The summed E-state index contributed by atoms with van der Waals surface area (Å²) in [5, 5.41) is 12.7. The standard InChI is InChI=1S/C19H26N2O6S/c1-28(24,25)21-12-4-5-16-14(6-12)15-7-13(26-17(10-22)19(15)27-16)8-18(23)20-9-11-2-3-11/h4-6,11,13,15,17,19,21-22H,2-3,7-10H2,1H3,(H,20,23)/t13-,15-,17-,19+/m1/s1. The van der Waals surface area contributed by atoms with Crippen molar-refractivity contribution >= 4 is 21.6 Å². The van der Waals surface area contributed by atoms with Crippen LogP contribution in [0.2, 0.25) is 0 Å². The van der Waals surface area contributed by atoms with Crippen LogP contribution in [-0.4, -0.2) is 57.2 Å². The molecule has 1 aromatic carbocycles. The van der Waals surface area contributed by atoms with E-state index in [-0.39, 0.29) is 37.1 Å². The van der Waals surface area contributed by atoms with Gasteiger partial charge in [0.2, 0.25) is 15.9 Å². The number of aliphatic hydroxyl groups is 1. The van der Waals surface area contributed by atoms with E-state index in [1.54, 1.807) is 18.2 Å². The van der Waals surface area contributed by atoms with Gasteiger partial charge in [-0.05, 0) is 43.4 Å². The van der Waals surface area contributed by atoms with Crippen molar-refractivity contribution in [2.75, 3.05) is 24.1 Å². The lowest BCUT2D eigenvalue weighted by atomic mass is 9.84. The number of fused-ring (bicyclic) bond motifs is 3. The number of hydrogen-bond donors (Lipinski definition) is 3. The van der Waals surface area contributed by atoms with Crippen molar-refractivity contribution in [2.24, 2.45) is 5.92 Å². The Morgan fingerprint density at radius 3 is 2.79 bits per heavy atom. The molecule has 0 radical (unpaired) electrons. The molecule has 1 saturated heterocycles. The molecule has 0 aromatic heterocycles. The monoisotopic (exact) mass is 410 g/mol. The first-order valence-electron chi connectivity index (χ1n) is 9.64. The first kappa shape index (κ1) is 19.5. The summed E-state index contributed by atoms with van der Waals surface area (Å²) in [7, 11) is -3.38. The van der Waals surface area contributed by atoms with Gasteiger partial charge in [-0.1, -0.05) is 0 Å². The molecular formula is C19H26N2O6S. The van der Waals surface area contributed by atoms with Gasteiger partial charge in [-0.2, -0.15) is 0 Å².